The van der Waals surface area contributed by atoms with Crippen LogP contribution in [0.3, 0.4) is 0 Å². The Morgan fingerprint density at radius 1 is 1.47 bits per heavy atom. The number of hydrogen-bond donors (Lipinski definition) is 2. The minimum absolute atomic E-state index is 0.206. The first-order valence-electron chi connectivity index (χ1n) is 6.91. The van der Waals surface area contributed by atoms with Gasteiger partial charge in [0.2, 0.25) is 0 Å². The molecule has 1 aliphatic rings. The third-order valence-electron chi connectivity index (χ3n) is 3.77. The Kier molecular flexibility index (Phi) is 4.35. The first-order valence-corrected chi connectivity index (χ1v) is 6.91. The molecule has 19 heavy (non-hydrogen) atoms. The molecule has 0 bridgehead atoms. The summed E-state index contributed by atoms with van der Waals surface area (Å²) in [6, 6.07) is 1.94. The van der Waals surface area contributed by atoms with Gasteiger partial charge in [0.1, 0.15) is 11.6 Å². The van der Waals surface area contributed by atoms with Crippen LogP contribution in [0.2, 0.25) is 0 Å². The summed E-state index contributed by atoms with van der Waals surface area (Å²) in [5, 5.41) is 12.4. The number of carboxylic acid groups (broad SMARTS) is 1. The molecule has 0 aromatic carbocycles. The van der Waals surface area contributed by atoms with Crippen LogP contribution in [0.15, 0.2) is 6.07 Å². The Hall–Kier alpha value is -1.65. The molecule has 1 aliphatic carbocycles. The summed E-state index contributed by atoms with van der Waals surface area (Å²) >= 11 is 0. The monoisotopic (exact) mass is 263 g/mol. The summed E-state index contributed by atoms with van der Waals surface area (Å²) in [7, 11) is 0. The van der Waals surface area contributed by atoms with Crippen molar-refractivity contribution < 1.29 is 9.90 Å². The molecule has 1 aromatic heterocycles. The fourth-order valence-electron chi connectivity index (χ4n) is 2.74. The predicted octanol–water partition coefficient (Wildman–Crippen LogP) is 2.26. The second-order valence-electron chi connectivity index (χ2n) is 5.16. The summed E-state index contributed by atoms with van der Waals surface area (Å²) in [4.78, 5) is 19.8. The zero-order valence-corrected chi connectivity index (χ0v) is 11.5. The molecule has 5 nitrogen and oxygen atoms in total. The highest BCUT2D eigenvalue weighted by Crippen LogP contribution is 2.31. The molecule has 2 rings (SSSR count). The molecule has 0 aliphatic heterocycles. The van der Waals surface area contributed by atoms with Crippen LogP contribution in [-0.2, 0) is 11.2 Å². The molecular weight excluding hydrogens is 242 g/mol. The summed E-state index contributed by atoms with van der Waals surface area (Å²) < 4.78 is 0. The van der Waals surface area contributed by atoms with Gasteiger partial charge in [0, 0.05) is 18.3 Å². The van der Waals surface area contributed by atoms with Crippen LogP contribution in [0.4, 0.5) is 5.82 Å². The van der Waals surface area contributed by atoms with E-state index < -0.39 is 5.97 Å². The Bertz CT molecular complexity index is 462. The van der Waals surface area contributed by atoms with Gasteiger partial charge in [-0.1, -0.05) is 13.3 Å². The highest BCUT2D eigenvalue weighted by molar-refractivity contribution is 5.70. The minimum Gasteiger partial charge on any atom is -0.481 e. The lowest BCUT2D eigenvalue weighted by atomic mass is 9.96. The van der Waals surface area contributed by atoms with E-state index in [9.17, 15) is 4.79 Å². The van der Waals surface area contributed by atoms with E-state index in [1.54, 1.807) is 0 Å². The molecule has 5 heteroatoms. The summed E-state index contributed by atoms with van der Waals surface area (Å²) in [5.74, 6) is 0.889. The van der Waals surface area contributed by atoms with Gasteiger partial charge in [0.25, 0.3) is 0 Å². The van der Waals surface area contributed by atoms with Gasteiger partial charge in [-0.2, -0.15) is 0 Å². The molecule has 1 fully saturated rings. The number of nitrogens with one attached hydrogen (secondary N) is 1. The molecule has 0 amide bonds. The molecule has 0 radical (unpaired) electrons. The first-order chi connectivity index (χ1) is 9.10. The van der Waals surface area contributed by atoms with Gasteiger partial charge in [-0.05, 0) is 32.1 Å². The molecule has 2 N–H and O–H groups in total. The number of carboxylic acids is 1. The summed E-state index contributed by atoms with van der Waals surface area (Å²) in [6.45, 7) is 4.61. The van der Waals surface area contributed by atoms with Crippen molar-refractivity contribution in [2.45, 2.75) is 39.5 Å². The number of aromatic nitrogens is 2. The fourth-order valence-corrected chi connectivity index (χ4v) is 2.74. The number of hydrogen-bond acceptors (Lipinski definition) is 4. The number of anilines is 1. The Morgan fingerprint density at radius 2 is 2.26 bits per heavy atom. The summed E-state index contributed by atoms with van der Waals surface area (Å²) in [5.41, 5.74) is 1.01. The van der Waals surface area contributed by atoms with E-state index in [4.69, 9.17) is 5.11 Å². The molecule has 2 unspecified atom stereocenters. The smallest absolute Gasteiger partial charge is 0.306 e. The number of carbonyl (C=O) groups is 1. The van der Waals surface area contributed by atoms with Crippen LogP contribution < -0.4 is 5.32 Å². The number of rotatable bonds is 5. The van der Waals surface area contributed by atoms with Gasteiger partial charge in [-0.25, -0.2) is 9.97 Å². The first kappa shape index (κ1) is 13.8. The van der Waals surface area contributed by atoms with Gasteiger partial charge < -0.3 is 10.4 Å². The number of aliphatic carboxylic acids is 1. The largest absolute Gasteiger partial charge is 0.481 e. The third-order valence-corrected chi connectivity index (χ3v) is 3.77. The standard InChI is InChI=1S/C14H21N3O2/c1-3-11-7-13(17-9(2)16-11)15-8-10-5-4-6-12(10)14(18)19/h7,10,12H,3-6,8H2,1-2H3,(H,18,19)(H,15,16,17). The molecule has 1 aromatic rings. The van der Waals surface area contributed by atoms with Crippen LogP contribution in [0.25, 0.3) is 0 Å². The van der Waals surface area contributed by atoms with E-state index >= 15 is 0 Å². The zero-order chi connectivity index (χ0) is 13.8. The van der Waals surface area contributed by atoms with Crippen molar-refractivity contribution >= 4 is 11.8 Å². The Labute approximate surface area is 113 Å². The Balaban J connectivity index is 1.98. The Morgan fingerprint density at radius 3 is 2.95 bits per heavy atom. The van der Waals surface area contributed by atoms with Gasteiger partial charge in [-0.3, -0.25) is 4.79 Å². The van der Waals surface area contributed by atoms with Crippen molar-refractivity contribution in [3.8, 4) is 0 Å². The average Bonchev–Trinajstić information content (AvgIpc) is 2.84. The maximum Gasteiger partial charge on any atom is 0.306 e. The third kappa shape index (κ3) is 3.43. The normalized spacial score (nSPS) is 22.4. The fraction of sp³-hybridized carbons (Fsp3) is 0.643. The lowest BCUT2D eigenvalue weighted by molar-refractivity contribution is -0.142. The molecule has 104 valence electrons. The average molecular weight is 263 g/mol. The second-order valence-corrected chi connectivity index (χ2v) is 5.16. The maximum absolute atomic E-state index is 11.1. The van der Waals surface area contributed by atoms with E-state index in [1.165, 1.54) is 0 Å². The van der Waals surface area contributed by atoms with Gasteiger partial charge in [-0.15, -0.1) is 0 Å². The predicted molar refractivity (Wildman–Crippen MR) is 73.1 cm³/mol. The molecule has 2 atom stereocenters. The lowest BCUT2D eigenvalue weighted by Crippen LogP contribution is -2.24. The molecule has 0 saturated heterocycles. The minimum atomic E-state index is -0.669. The zero-order valence-electron chi connectivity index (χ0n) is 11.5. The van der Waals surface area contributed by atoms with Gasteiger partial charge in [0.15, 0.2) is 0 Å². The van der Waals surface area contributed by atoms with Crippen molar-refractivity contribution in [1.82, 2.24) is 9.97 Å². The molecular formula is C14H21N3O2. The molecule has 1 saturated carbocycles. The van der Waals surface area contributed by atoms with Crippen molar-refractivity contribution in [2.75, 3.05) is 11.9 Å². The lowest BCUT2D eigenvalue weighted by Gasteiger charge is -2.17. The van der Waals surface area contributed by atoms with Crippen LogP contribution in [0.5, 0.6) is 0 Å². The molecule has 0 spiro atoms. The molecule has 1 heterocycles. The van der Waals surface area contributed by atoms with E-state index in [0.717, 1.165) is 43.0 Å². The quantitative estimate of drug-likeness (QED) is 0.852. The van der Waals surface area contributed by atoms with Crippen LogP contribution in [-0.4, -0.2) is 27.6 Å². The van der Waals surface area contributed by atoms with E-state index in [-0.39, 0.29) is 11.8 Å². The van der Waals surface area contributed by atoms with Crippen molar-refractivity contribution in [1.29, 1.82) is 0 Å². The highest BCUT2D eigenvalue weighted by Gasteiger charge is 2.32. The number of nitrogens with zero attached hydrogens (tertiary/aromatic N) is 2. The van der Waals surface area contributed by atoms with Gasteiger partial charge >= 0.3 is 5.97 Å². The topological polar surface area (TPSA) is 75.1 Å². The second kappa shape index (κ2) is 5.99. The van der Waals surface area contributed by atoms with Gasteiger partial charge in [0.05, 0.1) is 5.92 Å². The van der Waals surface area contributed by atoms with Crippen LogP contribution in [0, 0.1) is 18.8 Å². The summed E-state index contributed by atoms with van der Waals surface area (Å²) in [6.07, 6.45) is 3.66. The van der Waals surface area contributed by atoms with E-state index in [0.29, 0.717) is 6.54 Å². The van der Waals surface area contributed by atoms with Crippen molar-refractivity contribution in [3.63, 3.8) is 0 Å². The highest BCUT2D eigenvalue weighted by atomic mass is 16.4. The van der Waals surface area contributed by atoms with Crippen molar-refractivity contribution in [3.05, 3.63) is 17.6 Å². The number of aryl methyl sites for hydroxylation is 2. The van der Waals surface area contributed by atoms with Crippen LogP contribution >= 0.6 is 0 Å². The van der Waals surface area contributed by atoms with Crippen molar-refractivity contribution in [2.24, 2.45) is 11.8 Å². The van der Waals surface area contributed by atoms with Crippen LogP contribution in [0.1, 0.15) is 37.7 Å². The maximum atomic E-state index is 11.1. The van der Waals surface area contributed by atoms with E-state index in [1.807, 2.05) is 13.0 Å². The van der Waals surface area contributed by atoms with E-state index in [2.05, 4.69) is 22.2 Å². The SMILES string of the molecule is CCc1cc(NCC2CCCC2C(=O)O)nc(C)n1.